The summed E-state index contributed by atoms with van der Waals surface area (Å²) < 4.78 is 0. The quantitative estimate of drug-likeness (QED) is 0.128. The summed E-state index contributed by atoms with van der Waals surface area (Å²) in [5.41, 5.74) is 0. The van der Waals surface area contributed by atoms with Gasteiger partial charge in [-0.15, -0.1) is 0 Å². The normalized spacial score (nSPS) is 11.0. The largest absolute Gasteiger partial charge is 0.0893 e. The standard InChI is InChI=1S/C25H48S2/c1-3-5-7-9-11-13-15-17-19-21-24(26)23-25(27)22-20-18-16-14-12-10-8-6-4-2/h3-23H2,1-2H3. The molecule has 0 bridgehead atoms. The highest BCUT2D eigenvalue weighted by molar-refractivity contribution is 7.82. The van der Waals surface area contributed by atoms with Gasteiger partial charge in [-0.1, -0.05) is 141 Å². The third-order valence-corrected chi connectivity index (χ3v) is 6.21. The lowest BCUT2D eigenvalue weighted by atomic mass is 10.0. The summed E-state index contributed by atoms with van der Waals surface area (Å²) in [4.78, 5) is 2.41. The molecule has 27 heavy (non-hydrogen) atoms. The van der Waals surface area contributed by atoms with Crippen molar-refractivity contribution in [2.75, 3.05) is 0 Å². The SMILES string of the molecule is CCCCCCCCCCCC(=S)CC(=S)CCCCCCCCCCC. The van der Waals surface area contributed by atoms with E-state index in [-0.39, 0.29) is 0 Å². The van der Waals surface area contributed by atoms with Crippen LogP contribution in [0.15, 0.2) is 0 Å². The van der Waals surface area contributed by atoms with Gasteiger partial charge in [0.15, 0.2) is 0 Å². The van der Waals surface area contributed by atoms with Crippen molar-refractivity contribution in [3.63, 3.8) is 0 Å². The Labute approximate surface area is 182 Å². The van der Waals surface area contributed by atoms with Gasteiger partial charge in [0, 0.05) is 6.42 Å². The zero-order valence-electron chi connectivity index (χ0n) is 18.7. The number of rotatable bonds is 22. The molecule has 160 valence electrons. The molecule has 0 radical (unpaired) electrons. The van der Waals surface area contributed by atoms with Crippen molar-refractivity contribution in [2.45, 2.75) is 149 Å². The van der Waals surface area contributed by atoms with Crippen LogP contribution in [0.5, 0.6) is 0 Å². The first kappa shape index (κ1) is 27.2. The van der Waals surface area contributed by atoms with Crippen LogP contribution in [0.25, 0.3) is 0 Å². The van der Waals surface area contributed by atoms with Gasteiger partial charge >= 0.3 is 0 Å². The summed E-state index contributed by atoms with van der Waals surface area (Å²) in [6.45, 7) is 4.57. The second-order valence-corrected chi connectivity index (χ2v) is 9.57. The molecule has 0 rings (SSSR count). The maximum atomic E-state index is 5.56. The molecule has 0 saturated carbocycles. The Hall–Kier alpha value is 0.180. The first-order valence-electron chi connectivity index (χ1n) is 12.2. The summed E-state index contributed by atoms with van der Waals surface area (Å²) in [5.74, 6) is 0. The predicted molar refractivity (Wildman–Crippen MR) is 134 cm³/mol. The van der Waals surface area contributed by atoms with Gasteiger partial charge in [-0.3, -0.25) is 0 Å². The van der Waals surface area contributed by atoms with Gasteiger partial charge in [-0.2, -0.15) is 0 Å². The molecule has 0 spiro atoms. The fraction of sp³-hybridized carbons (Fsp3) is 0.920. The average molecular weight is 413 g/mol. The molecule has 0 aliphatic carbocycles. The minimum atomic E-state index is 0.929. The lowest BCUT2D eigenvalue weighted by molar-refractivity contribution is 0.568. The Bertz CT molecular complexity index is 303. The van der Waals surface area contributed by atoms with Crippen LogP contribution in [0.3, 0.4) is 0 Å². The van der Waals surface area contributed by atoms with Gasteiger partial charge in [0.2, 0.25) is 0 Å². The van der Waals surface area contributed by atoms with Crippen LogP contribution in [0.1, 0.15) is 149 Å². The Kier molecular flexibility index (Phi) is 22.6. The van der Waals surface area contributed by atoms with Crippen LogP contribution in [0.2, 0.25) is 0 Å². The first-order valence-corrected chi connectivity index (χ1v) is 13.1. The van der Waals surface area contributed by atoms with Gasteiger partial charge in [0.1, 0.15) is 0 Å². The third-order valence-electron chi connectivity index (χ3n) is 5.51. The van der Waals surface area contributed by atoms with E-state index in [9.17, 15) is 0 Å². The molecule has 0 fully saturated rings. The molecule has 0 aromatic rings. The van der Waals surface area contributed by atoms with E-state index >= 15 is 0 Å². The fourth-order valence-corrected chi connectivity index (χ4v) is 4.39. The summed E-state index contributed by atoms with van der Waals surface area (Å²) in [7, 11) is 0. The van der Waals surface area contributed by atoms with E-state index in [0.29, 0.717) is 0 Å². The zero-order valence-corrected chi connectivity index (χ0v) is 20.3. The van der Waals surface area contributed by atoms with E-state index in [0.717, 1.165) is 19.3 Å². The molecule has 0 saturated heterocycles. The molecule has 0 aromatic carbocycles. The molecular weight excluding hydrogens is 364 g/mol. The van der Waals surface area contributed by atoms with Crippen LogP contribution < -0.4 is 0 Å². The Morgan fingerprint density at radius 3 is 0.963 bits per heavy atom. The molecule has 0 unspecified atom stereocenters. The van der Waals surface area contributed by atoms with Gasteiger partial charge in [-0.25, -0.2) is 0 Å². The molecule has 0 nitrogen and oxygen atoms in total. The van der Waals surface area contributed by atoms with Gasteiger partial charge < -0.3 is 0 Å². The summed E-state index contributed by atoms with van der Waals surface area (Å²) in [6, 6.07) is 0. The fourth-order valence-electron chi connectivity index (χ4n) is 3.66. The molecule has 0 aliphatic rings. The first-order chi connectivity index (χ1) is 13.2. The number of hydrogen-bond acceptors (Lipinski definition) is 2. The second kappa shape index (κ2) is 22.5. The van der Waals surface area contributed by atoms with Crippen molar-refractivity contribution in [3.05, 3.63) is 0 Å². The monoisotopic (exact) mass is 412 g/mol. The molecular formula is C25H48S2. The average Bonchev–Trinajstić information content (AvgIpc) is 2.65. The van der Waals surface area contributed by atoms with Crippen molar-refractivity contribution < 1.29 is 0 Å². The van der Waals surface area contributed by atoms with E-state index in [4.69, 9.17) is 24.4 Å². The highest BCUT2D eigenvalue weighted by atomic mass is 32.1. The van der Waals surface area contributed by atoms with Gasteiger partial charge in [-0.05, 0) is 35.4 Å². The van der Waals surface area contributed by atoms with Crippen LogP contribution in [-0.4, -0.2) is 9.73 Å². The zero-order chi connectivity index (χ0) is 20.0. The third kappa shape index (κ3) is 22.3. The van der Waals surface area contributed by atoms with E-state index < -0.39 is 0 Å². The lowest BCUT2D eigenvalue weighted by Gasteiger charge is -2.07. The molecule has 0 N–H and O–H groups in total. The lowest BCUT2D eigenvalue weighted by Crippen LogP contribution is -2.04. The van der Waals surface area contributed by atoms with Crippen molar-refractivity contribution in [3.8, 4) is 0 Å². The van der Waals surface area contributed by atoms with E-state index in [2.05, 4.69) is 13.8 Å². The molecule has 0 heterocycles. The van der Waals surface area contributed by atoms with Crippen molar-refractivity contribution in [2.24, 2.45) is 0 Å². The highest BCUT2D eigenvalue weighted by Crippen LogP contribution is 2.14. The predicted octanol–water partition coefficient (Wildman–Crippen LogP) is 9.96. The number of unbranched alkanes of at least 4 members (excludes halogenated alkanes) is 16. The van der Waals surface area contributed by atoms with E-state index in [1.165, 1.54) is 125 Å². The van der Waals surface area contributed by atoms with Crippen molar-refractivity contribution in [1.82, 2.24) is 0 Å². The number of thiocarbonyl (C=S) groups is 2. The topological polar surface area (TPSA) is 0 Å². The summed E-state index contributed by atoms with van der Waals surface area (Å²) in [6.07, 6.45) is 28.1. The molecule has 0 atom stereocenters. The van der Waals surface area contributed by atoms with Crippen LogP contribution in [0, 0.1) is 0 Å². The number of hydrogen-bond donors (Lipinski definition) is 0. The van der Waals surface area contributed by atoms with Crippen molar-refractivity contribution in [1.29, 1.82) is 0 Å². The maximum absolute atomic E-state index is 5.56. The van der Waals surface area contributed by atoms with E-state index in [1.807, 2.05) is 0 Å². The van der Waals surface area contributed by atoms with Gasteiger partial charge in [0.05, 0.1) is 0 Å². The van der Waals surface area contributed by atoms with Crippen LogP contribution in [0.4, 0.5) is 0 Å². The minimum Gasteiger partial charge on any atom is -0.0893 e. The van der Waals surface area contributed by atoms with Crippen molar-refractivity contribution >= 4 is 34.2 Å². The maximum Gasteiger partial charge on any atom is 0.0102 e. The minimum absolute atomic E-state index is 0.929. The second-order valence-electron chi connectivity index (χ2n) is 8.41. The Balaban J connectivity index is 3.33. The smallest absolute Gasteiger partial charge is 0.0102 e. The Morgan fingerprint density at radius 1 is 0.407 bits per heavy atom. The molecule has 0 aliphatic heterocycles. The van der Waals surface area contributed by atoms with Crippen LogP contribution >= 0.6 is 24.4 Å². The summed E-state index contributed by atoms with van der Waals surface area (Å²) >= 11 is 11.1. The molecule has 0 amide bonds. The highest BCUT2D eigenvalue weighted by Gasteiger charge is 2.03. The van der Waals surface area contributed by atoms with E-state index in [1.54, 1.807) is 0 Å². The Morgan fingerprint density at radius 2 is 0.667 bits per heavy atom. The van der Waals surface area contributed by atoms with Gasteiger partial charge in [0.25, 0.3) is 0 Å². The van der Waals surface area contributed by atoms with Crippen LogP contribution in [-0.2, 0) is 0 Å². The molecule has 2 heteroatoms. The summed E-state index contributed by atoms with van der Waals surface area (Å²) in [5, 5.41) is 0. The molecule has 0 aromatic heterocycles.